The summed E-state index contributed by atoms with van der Waals surface area (Å²) < 4.78 is 13.0. The van der Waals surface area contributed by atoms with Crippen molar-refractivity contribution in [3.63, 3.8) is 0 Å². The topological polar surface area (TPSA) is 29.3 Å². The maximum Gasteiger partial charge on any atom is 0.123 e. The first-order valence-electron chi connectivity index (χ1n) is 6.50. The lowest BCUT2D eigenvalue weighted by Gasteiger charge is -2.24. The van der Waals surface area contributed by atoms with Crippen molar-refractivity contribution < 1.29 is 4.39 Å². The summed E-state index contributed by atoms with van der Waals surface area (Å²) in [5.74, 6) is -0.228. The van der Waals surface area contributed by atoms with E-state index in [4.69, 9.17) is 18.0 Å². The molecule has 4 heteroatoms. The van der Waals surface area contributed by atoms with Gasteiger partial charge in [-0.15, -0.1) is 0 Å². The summed E-state index contributed by atoms with van der Waals surface area (Å²) in [6.07, 6.45) is 0. The number of rotatable bonds is 5. The molecule has 2 aromatic rings. The fourth-order valence-corrected chi connectivity index (χ4v) is 2.34. The SMILES string of the molecule is CCN(Cc1ccccc1C(N)=S)c1ccc(F)cc1. The third-order valence-electron chi connectivity index (χ3n) is 3.22. The minimum absolute atomic E-state index is 0.228. The quantitative estimate of drug-likeness (QED) is 0.854. The molecule has 0 radical (unpaired) electrons. The first-order valence-corrected chi connectivity index (χ1v) is 6.91. The monoisotopic (exact) mass is 288 g/mol. The van der Waals surface area contributed by atoms with Gasteiger partial charge in [0.05, 0.1) is 0 Å². The molecule has 2 nitrogen and oxygen atoms in total. The van der Waals surface area contributed by atoms with Gasteiger partial charge in [-0.25, -0.2) is 4.39 Å². The Hall–Kier alpha value is -1.94. The highest BCUT2D eigenvalue weighted by molar-refractivity contribution is 7.80. The molecule has 0 aliphatic carbocycles. The van der Waals surface area contributed by atoms with Gasteiger partial charge < -0.3 is 10.6 Å². The highest BCUT2D eigenvalue weighted by Crippen LogP contribution is 2.19. The molecule has 0 saturated heterocycles. The van der Waals surface area contributed by atoms with Crippen LogP contribution in [0, 0.1) is 5.82 Å². The van der Waals surface area contributed by atoms with Crippen molar-refractivity contribution in [2.45, 2.75) is 13.5 Å². The van der Waals surface area contributed by atoms with Gasteiger partial charge in [0.1, 0.15) is 10.8 Å². The summed E-state index contributed by atoms with van der Waals surface area (Å²) in [5, 5.41) is 0. The molecule has 0 aromatic heterocycles. The highest BCUT2D eigenvalue weighted by atomic mass is 32.1. The third-order valence-corrected chi connectivity index (χ3v) is 3.44. The van der Waals surface area contributed by atoms with Crippen LogP contribution < -0.4 is 10.6 Å². The molecule has 2 N–H and O–H groups in total. The van der Waals surface area contributed by atoms with E-state index in [1.807, 2.05) is 24.3 Å². The summed E-state index contributed by atoms with van der Waals surface area (Å²) in [7, 11) is 0. The van der Waals surface area contributed by atoms with Crippen LogP contribution in [-0.4, -0.2) is 11.5 Å². The normalized spacial score (nSPS) is 10.3. The average molecular weight is 288 g/mol. The lowest BCUT2D eigenvalue weighted by atomic mass is 10.1. The Bertz CT molecular complexity index is 596. The van der Waals surface area contributed by atoms with Gasteiger partial charge in [0.25, 0.3) is 0 Å². The van der Waals surface area contributed by atoms with Crippen LogP contribution in [-0.2, 0) is 6.54 Å². The van der Waals surface area contributed by atoms with Gasteiger partial charge in [-0.2, -0.15) is 0 Å². The van der Waals surface area contributed by atoms with Gasteiger partial charge in [0.2, 0.25) is 0 Å². The predicted molar refractivity (Wildman–Crippen MR) is 85.5 cm³/mol. The van der Waals surface area contributed by atoms with Crippen molar-refractivity contribution in [3.8, 4) is 0 Å². The molecule has 0 bridgehead atoms. The highest BCUT2D eigenvalue weighted by Gasteiger charge is 2.10. The molecule has 0 fully saturated rings. The lowest BCUT2D eigenvalue weighted by Crippen LogP contribution is -2.24. The van der Waals surface area contributed by atoms with E-state index in [9.17, 15) is 4.39 Å². The summed E-state index contributed by atoms with van der Waals surface area (Å²) in [5.41, 5.74) is 8.70. The number of anilines is 1. The van der Waals surface area contributed by atoms with Crippen LogP contribution in [0.1, 0.15) is 18.1 Å². The first kappa shape index (κ1) is 14.5. The predicted octanol–water partition coefficient (Wildman–Crippen LogP) is 3.49. The van der Waals surface area contributed by atoms with Gasteiger partial charge in [-0.3, -0.25) is 0 Å². The fourth-order valence-electron chi connectivity index (χ4n) is 2.14. The van der Waals surface area contributed by atoms with E-state index in [2.05, 4.69) is 11.8 Å². The molecule has 2 aromatic carbocycles. The molecule has 0 saturated carbocycles. The van der Waals surface area contributed by atoms with E-state index in [0.29, 0.717) is 11.5 Å². The third kappa shape index (κ3) is 3.33. The van der Waals surface area contributed by atoms with E-state index in [0.717, 1.165) is 23.4 Å². The second-order valence-corrected chi connectivity index (χ2v) is 4.95. The van der Waals surface area contributed by atoms with Crippen LogP contribution in [0.15, 0.2) is 48.5 Å². The van der Waals surface area contributed by atoms with Gasteiger partial charge in [0, 0.05) is 24.3 Å². The lowest BCUT2D eigenvalue weighted by molar-refractivity contribution is 0.627. The van der Waals surface area contributed by atoms with Crippen LogP contribution in [0.5, 0.6) is 0 Å². The Labute approximate surface area is 124 Å². The van der Waals surface area contributed by atoms with Crippen molar-refractivity contribution >= 4 is 22.9 Å². The summed E-state index contributed by atoms with van der Waals surface area (Å²) in [6, 6.07) is 14.3. The first-order chi connectivity index (χ1) is 9.61. The van der Waals surface area contributed by atoms with Crippen LogP contribution in [0.2, 0.25) is 0 Å². The number of thiocarbonyl (C=S) groups is 1. The van der Waals surface area contributed by atoms with E-state index < -0.39 is 0 Å². The van der Waals surface area contributed by atoms with Gasteiger partial charge in [-0.05, 0) is 36.8 Å². The zero-order valence-electron chi connectivity index (χ0n) is 11.3. The zero-order chi connectivity index (χ0) is 14.5. The van der Waals surface area contributed by atoms with Crippen molar-refractivity contribution in [2.75, 3.05) is 11.4 Å². The molecule has 20 heavy (non-hydrogen) atoms. The molecular formula is C16H17FN2S. The molecule has 0 atom stereocenters. The second kappa shape index (κ2) is 6.48. The number of nitrogens with two attached hydrogens (primary N) is 1. The summed E-state index contributed by atoms with van der Waals surface area (Å²) >= 11 is 5.08. The molecule has 2 rings (SSSR count). The largest absolute Gasteiger partial charge is 0.389 e. The summed E-state index contributed by atoms with van der Waals surface area (Å²) in [6.45, 7) is 3.57. The molecule has 0 heterocycles. The zero-order valence-corrected chi connectivity index (χ0v) is 12.2. The Morgan fingerprint density at radius 1 is 1.15 bits per heavy atom. The Balaban J connectivity index is 2.27. The molecule has 0 aliphatic rings. The average Bonchev–Trinajstić information content (AvgIpc) is 2.46. The maximum atomic E-state index is 13.0. The molecular weight excluding hydrogens is 271 g/mol. The van der Waals surface area contributed by atoms with Crippen molar-refractivity contribution in [3.05, 3.63) is 65.5 Å². The number of benzene rings is 2. The van der Waals surface area contributed by atoms with Crippen LogP contribution >= 0.6 is 12.2 Å². The smallest absolute Gasteiger partial charge is 0.123 e. The van der Waals surface area contributed by atoms with E-state index in [1.165, 1.54) is 12.1 Å². The van der Waals surface area contributed by atoms with Crippen LogP contribution in [0.3, 0.4) is 0 Å². The standard InChI is InChI=1S/C16H17FN2S/c1-2-19(14-9-7-13(17)8-10-14)11-12-5-3-4-6-15(12)16(18)20/h3-10H,2,11H2,1H3,(H2,18,20). The second-order valence-electron chi connectivity index (χ2n) is 4.51. The minimum Gasteiger partial charge on any atom is -0.389 e. The number of hydrogen-bond donors (Lipinski definition) is 1. The molecule has 0 unspecified atom stereocenters. The number of nitrogens with zero attached hydrogens (tertiary/aromatic N) is 1. The van der Waals surface area contributed by atoms with Crippen molar-refractivity contribution in [1.29, 1.82) is 0 Å². The Morgan fingerprint density at radius 2 is 1.80 bits per heavy atom. The Morgan fingerprint density at radius 3 is 2.40 bits per heavy atom. The van der Waals surface area contributed by atoms with Crippen molar-refractivity contribution in [2.24, 2.45) is 5.73 Å². The van der Waals surface area contributed by atoms with E-state index in [-0.39, 0.29) is 5.82 Å². The number of halogens is 1. The Kier molecular flexibility index (Phi) is 4.69. The van der Waals surface area contributed by atoms with Crippen molar-refractivity contribution in [1.82, 2.24) is 0 Å². The van der Waals surface area contributed by atoms with Crippen LogP contribution in [0.4, 0.5) is 10.1 Å². The van der Waals surface area contributed by atoms with Gasteiger partial charge in [-0.1, -0.05) is 36.5 Å². The maximum absolute atomic E-state index is 13.0. The molecule has 104 valence electrons. The van der Waals surface area contributed by atoms with E-state index >= 15 is 0 Å². The van der Waals surface area contributed by atoms with Crippen LogP contribution in [0.25, 0.3) is 0 Å². The molecule has 0 spiro atoms. The summed E-state index contributed by atoms with van der Waals surface area (Å²) in [4.78, 5) is 2.55. The van der Waals surface area contributed by atoms with Gasteiger partial charge in [0.15, 0.2) is 0 Å². The fraction of sp³-hybridized carbons (Fsp3) is 0.188. The minimum atomic E-state index is -0.228. The number of hydrogen-bond acceptors (Lipinski definition) is 2. The molecule has 0 amide bonds. The molecule has 0 aliphatic heterocycles. The van der Waals surface area contributed by atoms with E-state index in [1.54, 1.807) is 12.1 Å². The van der Waals surface area contributed by atoms with Gasteiger partial charge >= 0.3 is 0 Å².